The molecule has 21 heavy (non-hydrogen) atoms. The highest BCUT2D eigenvalue weighted by Crippen LogP contribution is 2.39. The molecule has 4 nitrogen and oxygen atoms in total. The maximum Gasteiger partial charge on any atom is 0.236 e. The monoisotopic (exact) mass is 307 g/mol. The predicted octanol–water partition coefficient (Wildman–Crippen LogP) is 2.63. The number of piperidine rings is 1. The fourth-order valence-electron chi connectivity index (χ4n) is 3.49. The van der Waals surface area contributed by atoms with E-state index in [0.29, 0.717) is 0 Å². The van der Waals surface area contributed by atoms with Crippen LogP contribution in [0.25, 0.3) is 6.08 Å². The number of ether oxygens (including phenoxy) is 1. The molecule has 3 rings (SSSR count). The summed E-state index contributed by atoms with van der Waals surface area (Å²) in [6.07, 6.45) is 5.40. The van der Waals surface area contributed by atoms with Gasteiger partial charge in [0.2, 0.25) is 10.0 Å². The van der Waals surface area contributed by atoms with E-state index in [-0.39, 0.29) is 18.2 Å². The Morgan fingerprint density at radius 2 is 1.76 bits per heavy atom. The minimum absolute atomic E-state index is 0.0964. The topological polar surface area (TPSA) is 46.6 Å². The van der Waals surface area contributed by atoms with E-state index in [1.54, 1.807) is 17.5 Å². The maximum absolute atomic E-state index is 12.6. The van der Waals surface area contributed by atoms with E-state index in [2.05, 4.69) is 0 Å². The zero-order chi connectivity index (χ0) is 14.9. The molecular weight excluding hydrogens is 286 g/mol. The second kappa shape index (κ2) is 5.91. The molecule has 0 amide bonds. The van der Waals surface area contributed by atoms with Gasteiger partial charge in [-0.3, -0.25) is 0 Å². The lowest BCUT2D eigenvalue weighted by molar-refractivity contribution is 0.0353. The molecule has 1 aromatic rings. The van der Waals surface area contributed by atoms with Gasteiger partial charge in [-0.2, -0.15) is 4.31 Å². The zero-order valence-electron chi connectivity index (χ0n) is 12.2. The molecule has 2 aliphatic heterocycles. The zero-order valence-corrected chi connectivity index (χ0v) is 13.0. The molecule has 2 fully saturated rings. The molecule has 0 aliphatic carbocycles. The Morgan fingerprint density at radius 3 is 2.33 bits per heavy atom. The lowest BCUT2D eigenvalue weighted by Crippen LogP contribution is -2.47. The number of nitrogens with zero attached hydrogens (tertiary/aromatic N) is 1. The fourth-order valence-corrected chi connectivity index (χ4v) is 5.17. The van der Waals surface area contributed by atoms with Crippen LogP contribution >= 0.6 is 0 Å². The summed E-state index contributed by atoms with van der Waals surface area (Å²) >= 11 is 0. The van der Waals surface area contributed by atoms with E-state index >= 15 is 0 Å². The molecule has 0 N–H and O–H groups in total. The van der Waals surface area contributed by atoms with Crippen LogP contribution < -0.4 is 0 Å². The van der Waals surface area contributed by atoms with Crippen LogP contribution in [0.4, 0.5) is 0 Å². The number of benzene rings is 1. The summed E-state index contributed by atoms with van der Waals surface area (Å²) in [6, 6.07) is 9.72. The van der Waals surface area contributed by atoms with Gasteiger partial charge in [0.1, 0.15) is 0 Å². The van der Waals surface area contributed by atoms with Gasteiger partial charge >= 0.3 is 0 Å². The van der Waals surface area contributed by atoms with E-state index < -0.39 is 10.0 Å². The minimum Gasteiger partial charge on any atom is -0.381 e. The Kier molecular flexibility index (Phi) is 4.15. The summed E-state index contributed by atoms with van der Waals surface area (Å²) in [4.78, 5) is 0. The smallest absolute Gasteiger partial charge is 0.236 e. The SMILES string of the molecule is COC1CC2CCC(C1)N2S(=O)(=O)C=Cc1ccccc1. The summed E-state index contributed by atoms with van der Waals surface area (Å²) in [5.41, 5.74) is 0.903. The van der Waals surface area contributed by atoms with Gasteiger partial charge in [0.25, 0.3) is 0 Å². The van der Waals surface area contributed by atoms with E-state index in [1.807, 2.05) is 30.3 Å². The van der Waals surface area contributed by atoms with Crippen molar-refractivity contribution in [3.05, 3.63) is 41.3 Å². The first-order valence-corrected chi connectivity index (χ1v) is 8.90. The van der Waals surface area contributed by atoms with E-state index in [4.69, 9.17) is 4.74 Å². The number of rotatable bonds is 4. The van der Waals surface area contributed by atoms with Crippen LogP contribution in [0, 0.1) is 0 Å². The molecule has 2 heterocycles. The highest BCUT2D eigenvalue weighted by atomic mass is 32.2. The van der Waals surface area contributed by atoms with E-state index in [0.717, 1.165) is 31.2 Å². The molecule has 0 aromatic heterocycles. The number of methoxy groups -OCH3 is 1. The average Bonchev–Trinajstić information content (AvgIpc) is 2.78. The van der Waals surface area contributed by atoms with Gasteiger partial charge in [-0.15, -0.1) is 0 Å². The molecule has 0 spiro atoms. The first kappa shape index (κ1) is 14.8. The van der Waals surface area contributed by atoms with Crippen molar-refractivity contribution in [1.29, 1.82) is 0 Å². The van der Waals surface area contributed by atoms with Gasteiger partial charge in [0.15, 0.2) is 0 Å². The number of sulfonamides is 1. The Labute approximate surface area is 126 Å². The molecular formula is C16H21NO3S. The molecule has 2 saturated heterocycles. The van der Waals surface area contributed by atoms with Gasteiger partial charge in [0, 0.05) is 24.6 Å². The summed E-state index contributed by atoms with van der Waals surface area (Å²) in [5, 5.41) is 1.35. The van der Waals surface area contributed by atoms with Crippen molar-refractivity contribution in [3.8, 4) is 0 Å². The van der Waals surface area contributed by atoms with Crippen LogP contribution in [-0.4, -0.2) is 38.0 Å². The van der Waals surface area contributed by atoms with Gasteiger partial charge in [-0.1, -0.05) is 30.3 Å². The van der Waals surface area contributed by atoms with Crippen molar-refractivity contribution in [2.24, 2.45) is 0 Å². The second-order valence-corrected chi connectivity index (χ2v) is 7.53. The Hall–Kier alpha value is -1.17. The Bertz CT molecular complexity index is 598. The molecule has 5 heteroatoms. The lowest BCUT2D eigenvalue weighted by atomic mass is 10.0. The fraction of sp³-hybridized carbons (Fsp3) is 0.500. The molecule has 114 valence electrons. The third-order valence-corrected chi connectivity index (χ3v) is 6.15. The number of hydrogen-bond donors (Lipinski definition) is 0. The van der Waals surface area contributed by atoms with E-state index in [9.17, 15) is 8.42 Å². The normalized spacial score (nSPS) is 30.0. The van der Waals surface area contributed by atoms with Crippen LogP contribution in [0.15, 0.2) is 35.7 Å². The molecule has 2 aliphatic rings. The molecule has 2 bridgehead atoms. The average molecular weight is 307 g/mol. The van der Waals surface area contributed by atoms with Crippen LogP contribution in [0.2, 0.25) is 0 Å². The van der Waals surface area contributed by atoms with Crippen LogP contribution in [-0.2, 0) is 14.8 Å². The molecule has 2 atom stereocenters. The molecule has 1 aromatic carbocycles. The number of fused-ring (bicyclic) bond motifs is 2. The molecule has 0 saturated carbocycles. The van der Waals surface area contributed by atoms with Gasteiger partial charge in [0.05, 0.1) is 6.10 Å². The quantitative estimate of drug-likeness (QED) is 0.859. The second-order valence-electron chi connectivity index (χ2n) is 5.80. The number of hydrogen-bond acceptors (Lipinski definition) is 3. The summed E-state index contributed by atoms with van der Waals surface area (Å²) in [6.45, 7) is 0. The van der Waals surface area contributed by atoms with Crippen molar-refractivity contribution in [3.63, 3.8) is 0 Å². The first-order chi connectivity index (χ1) is 10.1. The third kappa shape index (κ3) is 3.05. The van der Waals surface area contributed by atoms with Crippen molar-refractivity contribution < 1.29 is 13.2 Å². The van der Waals surface area contributed by atoms with Gasteiger partial charge in [-0.25, -0.2) is 8.42 Å². The first-order valence-electron chi connectivity index (χ1n) is 7.39. The highest BCUT2D eigenvalue weighted by molar-refractivity contribution is 7.92. The Morgan fingerprint density at radius 1 is 1.14 bits per heavy atom. The van der Waals surface area contributed by atoms with E-state index in [1.165, 1.54) is 5.41 Å². The van der Waals surface area contributed by atoms with Crippen molar-refractivity contribution in [1.82, 2.24) is 4.31 Å². The van der Waals surface area contributed by atoms with Crippen molar-refractivity contribution in [2.75, 3.05) is 7.11 Å². The maximum atomic E-state index is 12.6. The summed E-state index contributed by atoms with van der Waals surface area (Å²) < 4.78 is 32.4. The van der Waals surface area contributed by atoms with Crippen molar-refractivity contribution >= 4 is 16.1 Å². The third-order valence-electron chi connectivity index (χ3n) is 4.48. The largest absolute Gasteiger partial charge is 0.381 e. The van der Waals surface area contributed by atoms with Crippen LogP contribution in [0.5, 0.6) is 0 Å². The molecule has 2 unspecified atom stereocenters. The summed E-state index contributed by atoms with van der Waals surface area (Å²) in [5.74, 6) is 0. The van der Waals surface area contributed by atoms with Gasteiger partial charge in [-0.05, 0) is 37.3 Å². The molecule has 0 radical (unpaired) electrons. The van der Waals surface area contributed by atoms with Crippen molar-refractivity contribution in [2.45, 2.75) is 43.9 Å². The highest BCUT2D eigenvalue weighted by Gasteiger charge is 2.45. The van der Waals surface area contributed by atoms with Crippen LogP contribution in [0.1, 0.15) is 31.2 Å². The predicted molar refractivity (Wildman–Crippen MR) is 83.1 cm³/mol. The summed E-state index contributed by atoms with van der Waals surface area (Å²) in [7, 11) is -1.64. The standard InChI is InChI=1S/C16H21NO3S/c1-20-16-11-14-7-8-15(12-16)17(14)21(18,19)10-9-13-5-3-2-4-6-13/h2-6,9-10,14-16H,7-8,11-12H2,1H3. The minimum atomic E-state index is -3.35. The lowest BCUT2D eigenvalue weighted by Gasteiger charge is -2.36. The van der Waals surface area contributed by atoms with Crippen LogP contribution in [0.3, 0.4) is 0 Å². The van der Waals surface area contributed by atoms with Gasteiger partial charge < -0.3 is 4.74 Å². The Balaban J connectivity index is 1.79.